The summed E-state index contributed by atoms with van der Waals surface area (Å²) in [6.07, 6.45) is 2.43. The van der Waals surface area contributed by atoms with Crippen LogP contribution in [-0.4, -0.2) is 18.1 Å². The Labute approximate surface area is 134 Å². The monoisotopic (exact) mass is 314 g/mol. The molecule has 0 fully saturated rings. The van der Waals surface area contributed by atoms with Gasteiger partial charge in [0.15, 0.2) is 0 Å². The summed E-state index contributed by atoms with van der Waals surface area (Å²) in [5.74, 6) is -0.191. The number of thioether (sulfide) groups is 1. The number of hydrogen-bond acceptors (Lipinski definition) is 3. The van der Waals surface area contributed by atoms with Crippen LogP contribution in [0.15, 0.2) is 53.4 Å². The zero-order valence-electron chi connectivity index (χ0n) is 12.6. The molecule has 5 heteroatoms. The summed E-state index contributed by atoms with van der Waals surface area (Å²) in [6, 6.07) is 14.5. The largest absolute Gasteiger partial charge is 0.326 e. The number of carbonyl (C=O) groups excluding carboxylic acids is 2. The summed E-state index contributed by atoms with van der Waals surface area (Å²) in [7, 11) is 0. The number of amides is 2. The fourth-order valence-electron chi connectivity index (χ4n) is 1.83. The van der Waals surface area contributed by atoms with Crippen LogP contribution in [-0.2, 0) is 4.79 Å². The molecule has 0 bridgehead atoms. The minimum absolute atomic E-state index is 0.0364. The van der Waals surface area contributed by atoms with Crippen molar-refractivity contribution in [1.82, 2.24) is 0 Å². The zero-order chi connectivity index (χ0) is 15.9. The molecule has 0 aromatic heterocycles. The van der Waals surface area contributed by atoms with Gasteiger partial charge in [0.25, 0.3) is 5.91 Å². The number of carbonyl (C=O) groups is 2. The second-order valence-corrected chi connectivity index (χ2v) is 5.54. The van der Waals surface area contributed by atoms with E-state index >= 15 is 0 Å². The molecule has 0 spiro atoms. The lowest BCUT2D eigenvalue weighted by Crippen LogP contribution is -2.12. The molecule has 4 nitrogen and oxygen atoms in total. The summed E-state index contributed by atoms with van der Waals surface area (Å²) in [5, 5.41) is 5.59. The van der Waals surface area contributed by atoms with Crippen molar-refractivity contribution >= 4 is 35.0 Å². The number of nitrogens with one attached hydrogen (secondary N) is 2. The van der Waals surface area contributed by atoms with Crippen LogP contribution in [0.4, 0.5) is 11.4 Å². The molecule has 2 amide bonds. The molecule has 2 aromatic rings. The average molecular weight is 314 g/mol. The van der Waals surface area contributed by atoms with Gasteiger partial charge >= 0.3 is 0 Å². The molecule has 2 rings (SSSR count). The highest BCUT2D eigenvalue weighted by molar-refractivity contribution is 7.98. The van der Waals surface area contributed by atoms with Gasteiger partial charge in [-0.2, -0.15) is 0 Å². The first-order valence-electron chi connectivity index (χ1n) is 6.97. The Kier molecular flexibility index (Phi) is 5.61. The van der Waals surface area contributed by atoms with E-state index < -0.39 is 0 Å². The quantitative estimate of drug-likeness (QED) is 0.820. The van der Waals surface area contributed by atoms with Crippen molar-refractivity contribution in [2.45, 2.75) is 18.2 Å². The van der Waals surface area contributed by atoms with Gasteiger partial charge < -0.3 is 10.6 Å². The van der Waals surface area contributed by atoms with Crippen LogP contribution in [0.3, 0.4) is 0 Å². The molecular weight excluding hydrogens is 296 g/mol. The fourth-order valence-corrected chi connectivity index (χ4v) is 2.24. The molecule has 2 N–H and O–H groups in total. The highest BCUT2D eigenvalue weighted by Crippen LogP contribution is 2.17. The van der Waals surface area contributed by atoms with E-state index in [0.717, 1.165) is 4.90 Å². The van der Waals surface area contributed by atoms with Crippen molar-refractivity contribution in [1.29, 1.82) is 0 Å². The molecule has 0 aliphatic carbocycles. The van der Waals surface area contributed by atoms with Crippen molar-refractivity contribution in [3.63, 3.8) is 0 Å². The maximum Gasteiger partial charge on any atom is 0.255 e. The predicted octanol–water partition coefficient (Wildman–Crippen LogP) is 4.01. The highest BCUT2D eigenvalue weighted by Gasteiger charge is 2.06. The molecule has 0 radical (unpaired) electrons. The van der Waals surface area contributed by atoms with Crippen LogP contribution >= 0.6 is 11.8 Å². The molecule has 0 heterocycles. The second kappa shape index (κ2) is 7.66. The van der Waals surface area contributed by atoms with Crippen LogP contribution in [0.25, 0.3) is 0 Å². The number of anilines is 2. The number of rotatable bonds is 5. The lowest BCUT2D eigenvalue weighted by atomic mass is 10.2. The lowest BCUT2D eigenvalue weighted by molar-refractivity contribution is -0.115. The van der Waals surface area contributed by atoms with E-state index in [1.54, 1.807) is 55.1 Å². The van der Waals surface area contributed by atoms with Crippen molar-refractivity contribution in [2.24, 2.45) is 0 Å². The van der Waals surface area contributed by atoms with Crippen LogP contribution in [0.2, 0.25) is 0 Å². The Balaban J connectivity index is 2.00. The molecule has 0 aliphatic rings. The van der Waals surface area contributed by atoms with E-state index in [2.05, 4.69) is 10.6 Å². The molecule has 0 atom stereocenters. The van der Waals surface area contributed by atoms with E-state index in [1.165, 1.54) is 0 Å². The Morgan fingerprint density at radius 1 is 0.909 bits per heavy atom. The lowest BCUT2D eigenvalue weighted by Gasteiger charge is -2.08. The van der Waals surface area contributed by atoms with Crippen molar-refractivity contribution in [2.75, 3.05) is 16.9 Å². The van der Waals surface area contributed by atoms with E-state index in [0.29, 0.717) is 23.4 Å². The maximum absolute atomic E-state index is 12.1. The predicted molar refractivity (Wildman–Crippen MR) is 91.5 cm³/mol. The summed E-state index contributed by atoms with van der Waals surface area (Å²) >= 11 is 1.64. The van der Waals surface area contributed by atoms with Crippen LogP contribution in [0, 0.1) is 0 Å². The van der Waals surface area contributed by atoms with Gasteiger partial charge in [0.2, 0.25) is 5.91 Å². The van der Waals surface area contributed by atoms with Crippen molar-refractivity contribution in [3.05, 3.63) is 54.1 Å². The summed E-state index contributed by atoms with van der Waals surface area (Å²) in [5.41, 5.74) is 2.02. The average Bonchev–Trinajstić information content (AvgIpc) is 2.56. The summed E-state index contributed by atoms with van der Waals surface area (Å²) in [4.78, 5) is 24.6. The standard InChI is InChI=1S/C17H18N2O2S/c1-3-16(20)18-13-6-8-14(9-7-13)19-17(21)12-4-10-15(22-2)11-5-12/h4-11H,3H2,1-2H3,(H,18,20)(H,19,21). The molecule has 114 valence electrons. The Morgan fingerprint density at radius 3 is 1.95 bits per heavy atom. The molecular formula is C17H18N2O2S. The minimum atomic E-state index is -0.155. The second-order valence-electron chi connectivity index (χ2n) is 4.66. The third kappa shape index (κ3) is 4.36. The Morgan fingerprint density at radius 2 is 1.45 bits per heavy atom. The topological polar surface area (TPSA) is 58.2 Å². The summed E-state index contributed by atoms with van der Waals surface area (Å²) < 4.78 is 0. The van der Waals surface area contributed by atoms with Crippen molar-refractivity contribution in [3.8, 4) is 0 Å². The third-order valence-electron chi connectivity index (χ3n) is 3.10. The third-order valence-corrected chi connectivity index (χ3v) is 3.84. The van der Waals surface area contributed by atoms with Gasteiger partial charge in [-0.25, -0.2) is 0 Å². The first-order valence-corrected chi connectivity index (χ1v) is 8.20. The van der Waals surface area contributed by atoms with Gasteiger partial charge in [0.05, 0.1) is 0 Å². The number of hydrogen-bond donors (Lipinski definition) is 2. The molecule has 0 aliphatic heterocycles. The van der Waals surface area contributed by atoms with E-state index in [4.69, 9.17) is 0 Å². The molecule has 22 heavy (non-hydrogen) atoms. The van der Waals surface area contributed by atoms with Crippen molar-refractivity contribution < 1.29 is 9.59 Å². The van der Waals surface area contributed by atoms with Gasteiger partial charge in [0, 0.05) is 28.3 Å². The normalized spacial score (nSPS) is 10.1. The number of benzene rings is 2. The van der Waals surface area contributed by atoms with E-state index in [-0.39, 0.29) is 11.8 Å². The minimum Gasteiger partial charge on any atom is -0.326 e. The molecule has 0 saturated heterocycles. The first-order chi connectivity index (χ1) is 10.6. The van der Waals surface area contributed by atoms with Gasteiger partial charge in [-0.3, -0.25) is 9.59 Å². The highest BCUT2D eigenvalue weighted by atomic mass is 32.2. The fraction of sp³-hybridized carbons (Fsp3) is 0.176. The zero-order valence-corrected chi connectivity index (χ0v) is 13.4. The Bertz CT molecular complexity index is 651. The molecule has 2 aromatic carbocycles. The van der Waals surface area contributed by atoms with Gasteiger partial charge in [-0.15, -0.1) is 11.8 Å². The van der Waals surface area contributed by atoms with E-state index in [9.17, 15) is 9.59 Å². The molecule has 0 unspecified atom stereocenters. The SMILES string of the molecule is CCC(=O)Nc1ccc(NC(=O)c2ccc(SC)cc2)cc1. The molecule has 0 saturated carbocycles. The maximum atomic E-state index is 12.1. The van der Waals surface area contributed by atoms with Crippen LogP contribution in [0.1, 0.15) is 23.7 Å². The van der Waals surface area contributed by atoms with Gasteiger partial charge in [0.1, 0.15) is 0 Å². The van der Waals surface area contributed by atoms with Crippen LogP contribution < -0.4 is 10.6 Å². The van der Waals surface area contributed by atoms with Gasteiger partial charge in [-0.05, 0) is 54.8 Å². The van der Waals surface area contributed by atoms with E-state index in [1.807, 2.05) is 18.4 Å². The Hall–Kier alpha value is -2.27. The first kappa shape index (κ1) is 16.1. The van der Waals surface area contributed by atoms with Crippen LogP contribution in [0.5, 0.6) is 0 Å². The smallest absolute Gasteiger partial charge is 0.255 e. The van der Waals surface area contributed by atoms with Gasteiger partial charge in [-0.1, -0.05) is 6.92 Å². The summed E-state index contributed by atoms with van der Waals surface area (Å²) in [6.45, 7) is 1.80.